The summed E-state index contributed by atoms with van der Waals surface area (Å²) in [5, 5.41) is 0. The van der Waals surface area contributed by atoms with E-state index in [1.807, 2.05) is 12.1 Å². The maximum absolute atomic E-state index is 12.8. The van der Waals surface area contributed by atoms with Crippen LogP contribution in [0.5, 0.6) is 0 Å². The molecule has 1 amide bonds. The van der Waals surface area contributed by atoms with E-state index in [9.17, 15) is 4.79 Å². The lowest BCUT2D eigenvalue weighted by atomic mass is 9.92. The number of carbonyl (C=O) groups is 1. The van der Waals surface area contributed by atoms with Gasteiger partial charge in [0.2, 0.25) is 5.91 Å². The SMILES string of the molecule is C/C(=C\c1ccco1)CN1CCC[C@H](CCC(=O)N2CCN(Cc3ccccc3)CC2)C1. The lowest BCUT2D eigenvalue weighted by Crippen LogP contribution is -2.48. The first-order valence-electron chi connectivity index (χ1n) is 12.1. The van der Waals surface area contributed by atoms with Gasteiger partial charge in [0.05, 0.1) is 6.26 Å². The molecule has 0 spiro atoms. The maximum Gasteiger partial charge on any atom is 0.222 e. The number of piperazine rings is 1. The van der Waals surface area contributed by atoms with Crippen molar-refractivity contribution in [1.29, 1.82) is 0 Å². The number of piperidine rings is 1. The molecular weight excluding hydrogens is 398 g/mol. The van der Waals surface area contributed by atoms with Crippen LogP contribution in [-0.4, -0.2) is 66.4 Å². The smallest absolute Gasteiger partial charge is 0.222 e. The fraction of sp³-hybridized carbons (Fsp3) is 0.519. The van der Waals surface area contributed by atoms with Crippen LogP contribution in [-0.2, 0) is 11.3 Å². The van der Waals surface area contributed by atoms with Gasteiger partial charge in [0.15, 0.2) is 0 Å². The summed E-state index contributed by atoms with van der Waals surface area (Å²) >= 11 is 0. The number of likely N-dealkylation sites (tertiary alicyclic amines) is 1. The van der Waals surface area contributed by atoms with Crippen LogP contribution < -0.4 is 0 Å². The Morgan fingerprint density at radius 2 is 1.84 bits per heavy atom. The van der Waals surface area contributed by atoms with Crippen LogP contribution in [0.25, 0.3) is 6.08 Å². The summed E-state index contributed by atoms with van der Waals surface area (Å²) in [6.07, 6.45) is 8.03. The largest absolute Gasteiger partial charge is 0.465 e. The van der Waals surface area contributed by atoms with Crippen molar-refractivity contribution in [2.45, 2.75) is 39.2 Å². The Hall–Kier alpha value is -2.37. The Morgan fingerprint density at radius 3 is 2.59 bits per heavy atom. The van der Waals surface area contributed by atoms with Gasteiger partial charge in [-0.05, 0) is 62.4 Å². The summed E-state index contributed by atoms with van der Waals surface area (Å²) in [5.74, 6) is 1.89. The van der Waals surface area contributed by atoms with E-state index >= 15 is 0 Å². The summed E-state index contributed by atoms with van der Waals surface area (Å²) in [4.78, 5) is 19.9. The van der Waals surface area contributed by atoms with Crippen molar-refractivity contribution in [3.05, 3.63) is 65.6 Å². The molecule has 2 fully saturated rings. The minimum absolute atomic E-state index is 0.343. The summed E-state index contributed by atoms with van der Waals surface area (Å²) in [6.45, 7) is 10.0. The molecule has 32 heavy (non-hydrogen) atoms. The number of nitrogens with zero attached hydrogens (tertiary/aromatic N) is 3. The van der Waals surface area contributed by atoms with Crippen molar-refractivity contribution in [1.82, 2.24) is 14.7 Å². The number of benzene rings is 1. The number of rotatable bonds is 8. The normalized spacial score (nSPS) is 21.1. The van der Waals surface area contributed by atoms with Gasteiger partial charge < -0.3 is 9.32 Å². The van der Waals surface area contributed by atoms with Crippen LogP contribution in [0.1, 0.15) is 43.9 Å². The zero-order valence-corrected chi connectivity index (χ0v) is 19.4. The van der Waals surface area contributed by atoms with Crippen molar-refractivity contribution in [3.63, 3.8) is 0 Å². The molecule has 0 bridgehead atoms. The van der Waals surface area contributed by atoms with Gasteiger partial charge in [-0.2, -0.15) is 0 Å². The van der Waals surface area contributed by atoms with Gasteiger partial charge in [-0.15, -0.1) is 0 Å². The second kappa shape index (κ2) is 11.5. The van der Waals surface area contributed by atoms with Crippen LogP contribution in [0, 0.1) is 5.92 Å². The highest BCUT2D eigenvalue weighted by Crippen LogP contribution is 2.23. The molecule has 172 valence electrons. The second-order valence-corrected chi connectivity index (χ2v) is 9.43. The number of carbonyl (C=O) groups excluding carboxylic acids is 1. The van der Waals surface area contributed by atoms with Gasteiger partial charge in [0.1, 0.15) is 5.76 Å². The predicted octanol–water partition coefficient (Wildman–Crippen LogP) is 4.52. The molecule has 1 atom stereocenters. The highest BCUT2D eigenvalue weighted by molar-refractivity contribution is 5.76. The predicted molar refractivity (Wildman–Crippen MR) is 129 cm³/mol. The number of furan rings is 1. The average Bonchev–Trinajstić information content (AvgIpc) is 3.32. The summed E-state index contributed by atoms with van der Waals surface area (Å²) < 4.78 is 5.43. The topological polar surface area (TPSA) is 39.9 Å². The standard InChI is InChI=1S/C27H37N3O2/c1-23(19-26-10-6-18-32-26)20-29-13-5-9-25(22-29)11-12-27(31)30-16-14-28(15-17-30)21-24-7-3-2-4-8-24/h2-4,6-8,10,18-19,25H,5,9,11-17,20-22H2,1H3/b23-19+/t25-/m1/s1. The number of amides is 1. The van der Waals surface area contributed by atoms with Crippen LogP contribution in [0.2, 0.25) is 0 Å². The number of hydrogen-bond acceptors (Lipinski definition) is 4. The first-order chi connectivity index (χ1) is 15.7. The summed E-state index contributed by atoms with van der Waals surface area (Å²) in [6, 6.07) is 14.5. The van der Waals surface area contributed by atoms with Crippen molar-refractivity contribution in [2.75, 3.05) is 45.8 Å². The summed E-state index contributed by atoms with van der Waals surface area (Å²) in [7, 11) is 0. The van der Waals surface area contributed by atoms with E-state index in [2.05, 4.69) is 58.0 Å². The molecule has 5 heteroatoms. The van der Waals surface area contributed by atoms with Crippen LogP contribution >= 0.6 is 0 Å². The van der Waals surface area contributed by atoms with E-state index in [4.69, 9.17) is 4.42 Å². The fourth-order valence-corrected chi connectivity index (χ4v) is 5.03. The van der Waals surface area contributed by atoms with Crippen molar-refractivity contribution >= 4 is 12.0 Å². The molecule has 1 aromatic carbocycles. The van der Waals surface area contributed by atoms with Crippen molar-refractivity contribution in [3.8, 4) is 0 Å². The van der Waals surface area contributed by atoms with Crippen LogP contribution in [0.4, 0.5) is 0 Å². The van der Waals surface area contributed by atoms with Crippen molar-refractivity contribution in [2.24, 2.45) is 5.92 Å². The molecule has 1 aromatic heterocycles. The molecule has 2 aromatic rings. The average molecular weight is 436 g/mol. The second-order valence-electron chi connectivity index (χ2n) is 9.43. The highest BCUT2D eigenvalue weighted by Gasteiger charge is 2.24. The fourth-order valence-electron chi connectivity index (χ4n) is 5.03. The molecule has 0 aliphatic carbocycles. The zero-order valence-electron chi connectivity index (χ0n) is 19.4. The first-order valence-corrected chi connectivity index (χ1v) is 12.1. The molecule has 5 nitrogen and oxygen atoms in total. The van der Waals surface area contributed by atoms with E-state index in [1.54, 1.807) is 6.26 Å². The van der Waals surface area contributed by atoms with Gasteiger partial charge >= 0.3 is 0 Å². The highest BCUT2D eigenvalue weighted by atomic mass is 16.3. The number of hydrogen-bond donors (Lipinski definition) is 0. The van der Waals surface area contributed by atoms with Crippen molar-refractivity contribution < 1.29 is 9.21 Å². The monoisotopic (exact) mass is 435 g/mol. The third-order valence-electron chi connectivity index (χ3n) is 6.75. The van der Waals surface area contributed by atoms with E-state index in [-0.39, 0.29) is 0 Å². The van der Waals surface area contributed by atoms with Gasteiger partial charge in [0.25, 0.3) is 0 Å². The third kappa shape index (κ3) is 6.81. The molecule has 0 saturated carbocycles. The van der Waals surface area contributed by atoms with Gasteiger partial charge in [0, 0.05) is 52.2 Å². The lowest BCUT2D eigenvalue weighted by molar-refractivity contribution is -0.133. The van der Waals surface area contributed by atoms with E-state index in [0.29, 0.717) is 18.2 Å². The minimum Gasteiger partial charge on any atom is -0.465 e. The molecule has 4 rings (SSSR count). The van der Waals surface area contributed by atoms with Gasteiger partial charge in [-0.25, -0.2) is 0 Å². The minimum atomic E-state index is 0.343. The van der Waals surface area contributed by atoms with Crippen LogP contribution in [0.15, 0.2) is 58.7 Å². The quantitative estimate of drug-likeness (QED) is 0.611. The molecule has 0 radical (unpaired) electrons. The lowest BCUT2D eigenvalue weighted by Gasteiger charge is -2.36. The Labute approximate surface area is 192 Å². The molecule has 2 aliphatic rings. The first kappa shape index (κ1) is 22.8. The van der Waals surface area contributed by atoms with Gasteiger partial charge in [-0.3, -0.25) is 14.6 Å². The molecular formula is C27H37N3O2. The molecule has 2 saturated heterocycles. The Balaban J connectivity index is 1.16. The Bertz CT molecular complexity index is 854. The molecule has 3 heterocycles. The summed E-state index contributed by atoms with van der Waals surface area (Å²) in [5.41, 5.74) is 2.67. The third-order valence-corrected chi connectivity index (χ3v) is 6.75. The molecule has 0 N–H and O–H groups in total. The zero-order chi connectivity index (χ0) is 22.2. The van der Waals surface area contributed by atoms with Crippen LogP contribution in [0.3, 0.4) is 0 Å². The van der Waals surface area contributed by atoms with E-state index in [1.165, 1.54) is 24.0 Å². The van der Waals surface area contributed by atoms with E-state index < -0.39 is 0 Å². The molecule has 0 unspecified atom stereocenters. The Kier molecular flexibility index (Phi) is 8.18. The van der Waals surface area contributed by atoms with Gasteiger partial charge in [-0.1, -0.05) is 35.9 Å². The Morgan fingerprint density at radius 1 is 1.03 bits per heavy atom. The van der Waals surface area contributed by atoms with E-state index in [0.717, 1.165) is 64.5 Å². The maximum atomic E-state index is 12.8. The molecule has 2 aliphatic heterocycles.